The lowest BCUT2D eigenvalue weighted by Gasteiger charge is -2.38. The molecule has 0 aliphatic carbocycles. The van der Waals surface area contributed by atoms with Crippen molar-refractivity contribution >= 4 is 11.7 Å². The van der Waals surface area contributed by atoms with Crippen LogP contribution in [0.2, 0.25) is 0 Å². The highest BCUT2D eigenvalue weighted by atomic mass is 19.4. The number of aromatic nitrogens is 1. The Hall–Kier alpha value is -2.68. The van der Waals surface area contributed by atoms with E-state index < -0.39 is 11.7 Å². The number of rotatable bonds is 5. The molecule has 162 valence electrons. The lowest BCUT2D eigenvalue weighted by Crippen LogP contribution is -2.54. The van der Waals surface area contributed by atoms with Gasteiger partial charge in [0.1, 0.15) is 11.6 Å². The Labute approximate surface area is 172 Å². The Morgan fingerprint density at radius 3 is 2.20 bits per heavy atom. The molecule has 30 heavy (non-hydrogen) atoms. The minimum absolute atomic E-state index is 0.132. The summed E-state index contributed by atoms with van der Waals surface area (Å²) in [6.45, 7) is 5.95. The Kier molecular flexibility index (Phi) is 6.60. The second kappa shape index (κ2) is 8.99. The predicted molar refractivity (Wildman–Crippen MR) is 105 cm³/mol. The Bertz CT molecular complexity index is 847. The predicted octanol–water partition coefficient (Wildman–Crippen LogP) is 3.63. The van der Waals surface area contributed by atoms with Crippen LogP contribution in [-0.4, -0.2) is 48.0 Å². The van der Waals surface area contributed by atoms with Crippen molar-refractivity contribution in [2.45, 2.75) is 32.1 Å². The first-order chi connectivity index (χ1) is 14.1. The summed E-state index contributed by atoms with van der Waals surface area (Å²) in [4.78, 5) is 20.5. The number of carbonyl (C=O) groups is 1. The van der Waals surface area contributed by atoms with Crippen LogP contribution < -0.4 is 10.2 Å². The highest BCUT2D eigenvalue weighted by molar-refractivity contribution is 5.81. The maximum absolute atomic E-state index is 13.1. The number of alkyl halides is 3. The van der Waals surface area contributed by atoms with E-state index in [1.165, 1.54) is 18.2 Å². The molecule has 1 fully saturated rings. The molecular weight excluding hydrogens is 400 g/mol. The number of benzene rings is 1. The van der Waals surface area contributed by atoms with Crippen LogP contribution in [0.1, 0.15) is 31.0 Å². The molecule has 2 unspecified atom stereocenters. The van der Waals surface area contributed by atoms with Gasteiger partial charge >= 0.3 is 6.18 Å². The summed E-state index contributed by atoms with van der Waals surface area (Å²) in [6.07, 6.45) is -3.56. The van der Waals surface area contributed by atoms with E-state index in [0.29, 0.717) is 32.0 Å². The van der Waals surface area contributed by atoms with E-state index in [-0.39, 0.29) is 23.8 Å². The minimum Gasteiger partial charge on any atom is -0.354 e. The number of hydrogen-bond donors (Lipinski definition) is 1. The summed E-state index contributed by atoms with van der Waals surface area (Å²) in [6, 6.07) is 7.78. The van der Waals surface area contributed by atoms with Crippen LogP contribution in [0, 0.1) is 5.82 Å². The average molecular weight is 424 g/mol. The standard InChI is InChI=1S/C21H24F4N4O/c1-14(16-3-6-18(22)7-4-16)27-20(30)15(2)28-9-11-29(12-10-28)19-8-5-17(13-26-19)21(23,24)25/h3-8,13-15H,9-12H2,1-2H3,(H,27,30). The number of pyridine rings is 1. The lowest BCUT2D eigenvalue weighted by molar-refractivity contribution is -0.137. The first-order valence-electron chi connectivity index (χ1n) is 9.73. The van der Waals surface area contributed by atoms with Crippen molar-refractivity contribution < 1.29 is 22.4 Å². The van der Waals surface area contributed by atoms with Crippen molar-refractivity contribution in [2.24, 2.45) is 0 Å². The number of halogens is 4. The summed E-state index contributed by atoms with van der Waals surface area (Å²) in [7, 11) is 0. The summed E-state index contributed by atoms with van der Waals surface area (Å²) in [5.74, 6) is 0.0312. The van der Waals surface area contributed by atoms with E-state index in [0.717, 1.165) is 17.8 Å². The normalized spacial score (nSPS) is 17.5. The molecule has 9 heteroatoms. The molecule has 1 N–H and O–H groups in total. The molecular formula is C21H24F4N4O. The zero-order valence-corrected chi connectivity index (χ0v) is 16.8. The Morgan fingerprint density at radius 1 is 1.03 bits per heavy atom. The SMILES string of the molecule is CC(NC(=O)C(C)N1CCN(c2ccc(C(F)(F)F)cn2)CC1)c1ccc(F)cc1. The maximum atomic E-state index is 13.1. The highest BCUT2D eigenvalue weighted by Crippen LogP contribution is 2.29. The highest BCUT2D eigenvalue weighted by Gasteiger charge is 2.31. The van der Waals surface area contributed by atoms with Gasteiger partial charge in [-0.1, -0.05) is 12.1 Å². The van der Waals surface area contributed by atoms with Crippen molar-refractivity contribution in [1.82, 2.24) is 15.2 Å². The van der Waals surface area contributed by atoms with Crippen LogP contribution in [0.3, 0.4) is 0 Å². The third-order valence-corrected chi connectivity index (χ3v) is 5.37. The molecule has 2 atom stereocenters. The van der Waals surface area contributed by atoms with Gasteiger partial charge < -0.3 is 10.2 Å². The van der Waals surface area contributed by atoms with Gasteiger partial charge in [-0.2, -0.15) is 13.2 Å². The third-order valence-electron chi connectivity index (χ3n) is 5.37. The van der Waals surface area contributed by atoms with Gasteiger partial charge in [-0.05, 0) is 43.7 Å². The molecule has 0 saturated carbocycles. The maximum Gasteiger partial charge on any atom is 0.417 e. The van der Waals surface area contributed by atoms with Crippen molar-refractivity contribution in [3.8, 4) is 0 Å². The largest absolute Gasteiger partial charge is 0.417 e. The van der Waals surface area contributed by atoms with E-state index >= 15 is 0 Å². The fraction of sp³-hybridized carbons (Fsp3) is 0.429. The summed E-state index contributed by atoms with van der Waals surface area (Å²) < 4.78 is 51.1. The molecule has 1 amide bonds. The Balaban J connectivity index is 1.52. The van der Waals surface area contributed by atoms with Crippen LogP contribution in [0.15, 0.2) is 42.6 Å². The van der Waals surface area contributed by atoms with Crippen LogP contribution in [0.4, 0.5) is 23.4 Å². The molecule has 1 aromatic carbocycles. The number of anilines is 1. The number of amides is 1. The number of nitrogens with one attached hydrogen (secondary N) is 1. The zero-order chi connectivity index (χ0) is 21.9. The number of carbonyl (C=O) groups excluding carboxylic acids is 1. The molecule has 0 spiro atoms. The topological polar surface area (TPSA) is 48.5 Å². The number of hydrogen-bond acceptors (Lipinski definition) is 4. The van der Waals surface area contributed by atoms with Crippen molar-refractivity contribution in [3.63, 3.8) is 0 Å². The minimum atomic E-state index is -4.40. The molecule has 2 aromatic rings. The van der Waals surface area contributed by atoms with E-state index in [4.69, 9.17) is 0 Å². The second-order valence-electron chi connectivity index (χ2n) is 7.38. The molecule has 1 saturated heterocycles. The van der Waals surface area contributed by atoms with Gasteiger partial charge in [-0.15, -0.1) is 0 Å². The van der Waals surface area contributed by atoms with Gasteiger partial charge in [0.2, 0.25) is 5.91 Å². The van der Waals surface area contributed by atoms with Gasteiger partial charge in [-0.25, -0.2) is 9.37 Å². The average Bonchev–Trinajstić information content (AvgIpc) is 2.73. The van der Waals surface area contributed by atoms with Gasteiger partial charge in [0, 0.05) is 32.4 Å². The molecule has 1 aliphatic rings. The molecule has 0 radical (unpaired) electrons. The first-order valence-corrected chi connectivity index (χ1v) is 9.73. The number of piperazine rings is 1. The van der Waals surface area contributed by atoms with Crippen molar-refractivity contribution in [1.29, 1.82) is 0 Å². The van der Waals surface area contributed by atoms with E-state index in [1.807, 2.05) is 23.6 Å². The quantitative estimate of drug-likeness (QED) is 0.745. The van der Waals surface area contributed by atoms with Gasteiger partial charge in [0.25, 0.3) is 0 Å². The van der Waals surface area contributed by atoms with Gasteiger partial charge in [0.05, 0.1) is 17.6 Å². The first kappa shape index (κ1) is 22.0. The van der Waals surface area contributed by atoms with Crippen molar-refractivity contribution in [2.75, 3.05) is 31.1 Å². The number of nitrogens with zero attached hydrogens (tertiary/aromatic N) is 3. The van der Waals surface area contributed by atoms with E-state index in [1.54, 1.807) is 12.1 Å². The summed E-state index contributed by atoms with van der Waals surface area (Å²) >= 11 is 0. The fourth-order valence-electron chi connectivity index (χ4n) is 3.41. The van der Waals surface area contributed by atoms with Crippen LogP contribution in [0.5, 0.6) is 0 Å². The molecule has 5 nitrogen and oxygen atoms in total. The zero-order valence-electron chi connectivity index (χ0n) is 16.8. The molecule has 3 rings (SSSR count). The summed E-state index contributed by atoms with van der Waals surface area (Å²) in [5, 5.41) is 2.94. The summed E-state index contributed by atoms with van der Waals surface area (Å²) in [5.41, 5.74) is 0.0422. The van der Waals surface area contributed by atoms with E-state index in [9.17, 15) is 22.4 Å². The van der Waals surface area contributed by atoms with Crippen LogP contribution in [-0.2, 0) is 11.0 Å². The fourth-order valence-corrected chi connectivity index (χ4v) is 3.41. The Morgan fingerprint density at radius 2 is 1.67 bits per heavy atom. The third kappa shape index (κ3) is 5.27. The van der Waals surface area contributed by atoms with Crippen LogP contribution >= 0.6 is 0 Å². The van der Waals surface area contributed by atoms with Crippen LogP contribution in [0.25, 0.3) is 0 Å². The lowest BCUT2D eigenvalue weighted by atomic mass is 10.1. The second-order valence-corrected chi connectivity index (χ2v) is 7.38. The van der Waals surface area contributed by atoms with Crippen molar-refractivity contribution in [3.05, 3.63) is 59.5 Å². The molecule has 0 bridgehead atoms. The molecule has 1 aromatic heterocycles. The monoisotopic (exact) mass is 424 g/mol. The molecule has 1 aliphatic heterocycles. The smallest absolute Gasteiger partial charge is 0.354 e. The van der Waals surface area contributed by atoms with Gasteiger partial charge in [0.15, 0.2) is 0 Å². The van der Waals surface area contributed by atoms with Gasteiger partial charge in [-0.3, -0.25) is 9.69 Å². The molecule has 2 heterocycles. The van der Waals surface area contributed by atoms with E-state index in [2.05, 4.69) is 10.3 Å².